The van der Waals surface area contributed by atoms with Crippen LogP contribution in [0.3, 0.4) is 0 Å². The van der Waals surface area contributed by atoms with Crippen molar-refractivity contribution in [1.29, 1.82) is 0 Å². The first-order valence-electron chi connectivity index (χ1n) is 7.50. The van der Waals surface area contributed by atoms with E-state index in [-0.39, 0.29) is 28.9 Å². The number of hydrogen-bond acceptors (Lipinski definition) is 4. The Kier molecular flexibility index (Phi) is 4.44. The number of fused-ring (bicyclic) bond motifs is 1. The molecule has 1 aromatic carbocycles. The fraction of sp³-hybridized carbons (Fsp3) is 0.235. The lowest BCUT2D eigenvalue weighted by Crippen LogP contribution is -2.26. The van der Waals surface area contributed by atoms with Gasteiger partial charge in [-0.05, 0) is 24.1 Å². The summed E-state index contributed by atoms with van der Waals surface area (Å²) in [6, 6.07) is 5.87. The van der Waals surface area contributed by atoms with E-state index < -0.39 is 5.97 Å². The van der Waals surface area contributed by atoms with Crippen molar-refractivity contribution in [3.8, 4) is 0 Å². The number of aryl methyl sites for hydroxylation is 1. The van der Waals surface area contributed by atoms with Crippen LogP contribution >= 0.6 is 11.3 Å². The van der Waals surface area contributed by atoms with Gasteiger partial charge in [0.25, 0.3) is 5.56 Å². The van der Waals surface area contributed by atoms with E-state index in [0.29, 0.717) is 17.1 Å². The largest absolute Gasteiger partial charge is 0.478 e. The molecule has 7 heteroatoms. The summed E-state index contributed by atoms with van der Waals surface area (Å²) in [6.45, 7) is 2.21. The molecule has 3 rings (SSSR count). The van der Waals surface area contributed by atoms with Gasteiger partial charge in [0.2, 0.25) is 0 Å². The zero-order valence-electron chi connectivity index (χ0n) is 13.0. The maximum Gasteiger partial charge on any atom is 0.337 e. The molecule has 124 valence electrons. The van der Waals surface area contributed by atoms with Gasteiger partial charge < -0.3 is 5.11 Å². The molecule has 0 radical (unpaired) electrons. The van der Waals surface area contributed by atoms with Crippen molar-refractivity contribution >= 4 is 27.5 Å². The van der Waals surface area contributed by atoms with Crippen LogP contribution in [0.2, 0.25) is 0 Å². The molecule has 2 aromatic heterocycles. The standard InChI is InChI=1S/C17H15FN2O3S/c1-2-3-13-19-15-14(12(9-24-15)17(22)23)16(21)20(13)8-10-4-6-11(18)7-5-10/h4-7,9H,2-3,8H2,1H3,(H,22,23). The number of hydrogen-bond donors (Lipinski definition) is 1. The third-order valence-corrected chi connectivity index (χ3v) is 4.60. The van der Waals surface area contributed by atoms with Crippen LogP contribution in [0.1, 0.15) is 35.1 Å². The number of rotatable bonds is 5. The smallest absolute Gasteiger partial charge is 0.337 e. The first-order chi connectivity index (χ1) is 11.5. The van der Waals surface area contributed by atoms with Gasteiger partial charge in [-0.2, -0.15) is 0 Å². The topological polar surface area (TPSA) is 72.2 Å². The molecule has 0 aliphatic heterocycles. The maximum atomic E-state index is 13.1. The molecular formula is C17H15FN2O3S. The number of nitrogens with zero attached hydrogens (tertiary/aromatic N) is 2. The lowest BCUT2D eigenvalue weighted by molar-refractivity contribution is 0.0699. The fourth-order valence-corrected chi connectivity index (χ4v) is 3.50. The van der Waals surface area contributed by atoms with Crippen LogP contribution in [-0.4, -0.2) is 20.6 Å². The third-order valence-electron chi connectivity index (χ3n) is 3.73. The number of aromatic carboxylic acids is 1. The second-order valence-electron chi connectivity index (χ2n) is 5.43. The Balaban J connectivity index is 2.19. The highest BCUT2D eigenvalue weighted by molar-refractivity contribution is 7.17. The second kappa shape index (κ2) is 6.52. The Morgan fingerprint density at radius 1 is 1.33 bits per heavy atom. The van der Waals surface area contributed by atoms with Crippen LogP contribution in [0.5, 0.6) is 0 Å². The van der Waals surface area contributed by atoms with Gasteiger partial charge in [-0.15, -0.1) is 11.3 Å². The van der Waals surface area contributed by atoms with Crippen molar-refractivity contribution in [2.24, 2.45) is 0 Å². The molecule has 0 aliphatic carbocycles. The predicted octanol–water partition coefficient (Wildman–Crippen LogP) is 3.30. The lowest BCUT2D eigenvalue weighted by atomic mass is 10.2. The summed E-state index contributed by atoms with van der Waals surface area (Å²) in [6.07, 6.45) is 1.41. The Morgan fingerprint density at radius 2 is 2.04 bits per heavy atom. The van der Waals surface area contributed by atoms with Crippen molar-refractivity contribution in [1.82, 2.24) is 9.55 Å². The first-order valence-corrected chi connectivity index (χ1v) is 8.38. The average Bonchev–Trinajstić information content (AvgIpc) is 2.97. The van der Waals surface area contributed by atoms with E-state index in [2.05, 4.69) is 4.98 Å². The van der Waals surface area contributed by atoms with E-state index >= 15 is 0 Å². The molecular weight excluding hydrogens is 331 g/mol. The highest BCUT2D eigenvalue weighted by Gasteiger charge is 2.19. The number of benzene rings is 1. The van der Waals surface area contributed by atoms with Gasteiger partial charge in [0.05, 0.1) is 17.5 Å². The molecule has 0 atom stereocenters. The van der Waals surface area contributed by atoms with Gasteiger partial charge in [-0.1, -0.05) is 19.1 Å². The number of thiophene rings is 1. The molecule has 3 aromatic rings. The molecule has 0 amide bonds. The highest BCUT2D eigenvalue weighted by Crippen LogP contribution is 2.22. The minimum absolute atomic E-state index is 0.0246. The van der Waals surface area contributed by atoms with Crippen LogP contribution in [-0.2, 0) is 13.0 Å². The van der Waals surface area contributed by atoms with Gasteiger partial charge in [-0.25, -0.2) is 14.2 Å². The van der Waals surface area contributed by atoms with E-state index in [4.69, 9.17) is 0 Å². The van der Waals surface area contributed by atoms with Crippen LogP contribution in [0.4, 0.5) is 4.39 Å². The van der Waals surface area contributed by atoms with Crippen LogP contribution in [0.15, 0.2) is 34.4 Å². The quantitative estimate of drug-likeness (QED) is 0.769. The minimum atomic E-state index is -1.14. The summed E-state index contributed by atoms with van der Waals surface area (Å²) in [5.74, 6) is -0.880. The van der Waals surface area contributed by atoms with Crippen molar-refractivity contribution in [3.05, 3.63) is 62.8 Å². The van der Waals surface area contributed by atoms with E-state index in [1.54, 1.807) is 12.1 Å². The zero-order valence-corrected chi connectivity index (χ0v) is 13.8. The van der Waals surface area contributed by atoms with Crippen LogP contribution < -0.4 is 5.56 Å². The molecule has 0 fully saturated rings. The number of carbonyl (C=O) groups is 1. The Labute approximate surface area is 141 Å². The SMILES string of the molecule is CCCc1nc2scc(C(=O)O)c2c(=O)n1Cc1ccc(F)cc1. The lowest BCUT2D eigenvalue weighted by Gasteiger charge is -2.12. The van der Waals surface area contributed by atoms with Crippen molar-refractivity contribution in [2.75, 3.05) is 0 Å². The molecule has 0 aliphatic rings. The van der Waals surface area contributed by atoms with E-state index in [9.17, 15) is 19.1 Å². The monoisotopic (exact) mass is 346 g/mol. The number of aromatic nitrogens is 2. The van der Waals surface area contributed by atoms with Gasteiger partial charge in [-0.3, -0.25) is 9.36 Å². The molecule has 1 N–H and O–H groups in total. The zero-order chi connectivity index (χ0) is 17.3. The molecule has 5 nitrogen and oxygen atoms in total. The first kappa shape index (κ1) is 16.3. The normalized spacial score (nSPS) is 11.1. The van der Waals surface area contributed by atoms with E-state index in [0.717, 1.165) is 23.3 Å². The highest BCUT2D eigenvalue weighted by atomic mass is 32.1. The van der Waals surface area contributed by atoms with Crippen molar-refractivity contribution < 1.29 is 14.3 Å². The Morgan fingerprint density at radius 3 is 2.67 bits per heavy atom. The molecule has 2 heterocycles. The van der Waals surface area contributed by atoms with Crippen LogP contribution in [0.25, 0.3) is 10.2 Å². The third kappa shape index (κ3) is 2.94. The fourth-order valence-electron chi connectivity index (χ4n) is 2.57. The summed E-state index contributed by atoms with van der Waals surface area (Å²) in [5.41, 5.74) is 0.360. The molecule has 0 unspecified atom stereocenters. The summed E-state index contributed by atoms with van der Waals surface area (Å²) in [4.78, 5) is 29.1. The summed E-state index contributed by atoms with van der Waals surface area (Å²) >= 11 is 1.16. The molecule has 0 saturated heterocycles. The van der Waals surface area contributed by atoms with Gasteiger partial charge >= 0.3 is 5.97 Å². The summed E-state index contributed by atoms with van der Waals surface area (Å²) in [5, 5.41) is 10.8. The van der Waals surface area contributed by atoms with E-state index in [1.165, 1.54) is 22.1 Å². The van der Waals surface area contributed by atoms with Gasteiger partial charge in [0.1, 0.15) is 16.5 Å². The summed E-state index contributed by atoms with van der Waals surface area (Å²) < 4.78 is 14.6. The van der Waals surface area contributed by atoms with Gasteiger partial charge in [0, 0.05) is 11.8 Å². The molecule has 0 saturated carbocycles. The summed E-state index contributed by atoms with van der Waals surface area (Å²) in [7, 11) is 0. The number of carboxylic acid groups (broad SMARTS) is 1. The predicted molar refractivity (Wildman–Crippen MR) is 90.3 cm³/mol. The Hall–Kier alpha value is -2.54. The second-order valence-corrected chi connectivity index (χ2v) is 6.29. The Bertz CT molecular complexity index is 960. The van der Waals surface area contributed by atoms with Crippen molar-refractivity contribution in [2.45, 2.75) is 26.3 Å². The number of carboxylic acids is 1. The number of halogens is 1. The average molecular weight is 346 g/mol. The maximum absolute atomic E-state index is 13.1. The molecule has 24 heavy (non-hydrogen) atoms. The minimum Gasteiger partial charge on any atom is -0.478 e. The van der Waals surface area contributed by atoms with E-state index in [1.807, 2.05) is 6.92 Å². The molecule has 0 bridgehead atoms. The van der Waals surface area contributed by atoms with Gasteiger partial charge in [0.15, 0.2) is 0 Å². The molecule has 0 spiro atoms. The van der Waals surface area contributed by atoms with Crippen molar-refractivity contribution in [3.63, 3.8) is 0 Å². The van der Waals surface area contributed by atoms with Crippen LogP contribution in [0, 0.1) is 5.82 Å².